The lowest BCUT2D eigenvalue weighted by molar-refractivity contribution is 0.0776. The van der Waals surface area contributed by atoms with Crippen molar-refractivity contribution in [3.8, 4) is 6.07 Å². The van der Waals surface area contributed by atoms with Gasteiger partial charge in [-0.1, -0.05) is 0 Å². The summed E-state index contributed by atoms with van der Waals surface area (Å²) >= 11 is 0. The van der Waals surface area contributed by atoms with Crippen LogP contribution in [0, 0.1) is 11.3 Å². The van der Waals surface area contributed by atoms with Crippen molar-refractivity contribution in [2.45, 2.75) is 12.1 Å². The average Bonchev–Trinajstić information content (AvgIpc) is 2.86. The van der Waals surface area contributed by atoms with Crippen molar-refractivity contribution >= 4 is 5.91 Å². The third-order valence-corrected chi connectivity index (χ3v) is 2.90. The summed E-state index contributed by atoms with van der Waals surface area (Å²) < 4.78 is 5.26. The zero-order valence-electron chi connectivity index (χ0n) is 10.0. The maximum atomic E-state index is 11.9. The number of hydrogen-bond donors (Lipinski definition) is 2. The Labute approximate surface area is 105 Å². The van der Waals surface area contributed by atoms with Gasteiger partial charge in [-0.15, -0.1) is 0 Å². The zero-order valence-corrected chi connectivity index (χ0v) is 10.0. The van der Waals surface area contributed by atoms with Crippen LogP contribution in [0.25, 0.3) is 0 Å². The van der Waals surface area contributed by atoms with Gasteiger partial charge in [-0.05, 0) is 12.1 Å². The predicted octanol–water partition coefficient (Wildman–Crippen LogP) is -0.330. The molecule has 1 saturated heterocycles. The van der Waals surface area contributed by atoms with Crippen LogP contribution in [0.2, 0.25) is 0 Å². The van der Waals surface area contributed by atoms with Crippen LogP contribution in [0.3, 0.4) is 0 Å². The van der Waals surface area contributed by atoms with Crippen LogP contribution in [0.1, 0.15) is 16.1 Å². The average molecular weight is 246 g/mol. The van der Waals surface area contributed by atoms with E-state index in [-0.39, 0.29) is 18.1 Å². The second-order valence-corrected chi connectivity index (χ2v) is 4.06. The summed E-state index contributed by atoms with van der Waals surface area (Å²) in [4.78, 5) is 15.9. The van der Waals surface area contributed by atoms with Gasteiger partial charge in [0.25, 0.3) is 5.91 Å². The van der Waals surface area contributed by atoms with Crippen LogP contribution in [0.4, 0.5) is 0 Å². The van der Waals surface area contributed by atoms with Crippen LogP contribution in [-0.4, -0.2) is 43.2 Å². The van der Waals surface area contributed by atoms with E-state index in [1.54, 1.807) is 13.2 Å². The third-order valence-electron chi connectivity index (χ3n) is 2.90. The van der Waals surface area contributed by atoms with Gasteiger partial charge in [-0.25, -0.2) is 4.98 Å². The van der Waals surface area contributed by atoms with E-state index in [4.69, 9.17) is 10.00 Å². The monoisotopic (exact) mass is 246 g/mol. The number of nitrogens with one attached hydrogen (secondary N) is 2. The SMILES string of the molecule is CO[C@H]1CNCC1NC(=O)c1ccc(C#N)cn1. The van der Waals surface area contributed by atoms with Crippen molar-refractivity contribution in [3.63, 3.8) is 0 Å². The first kappa shape index (κ1) is 12.5. The molecule has 2 heterocycles. The Morgan fingerprint density at radius 3 is 3.06 bits per heavy atom. The second kappa shape index (κ2) is 5.58. The molecule has 1 aliphatic rings. The number of carbonyl (C=O) groups is 1. The normalized spacial score (nSPS) is 22.4. The summed E-state index contributed by atoms with van der Waals surface area (Å²) in [5.74, 6) is -0.254. The van der Waals surface area contributed by atoms with E-state index in [1.807, 2.05) is 6.07 Å². The van der Waals surface area contributed by atoms with Crippen molar-refractivity contribution in [3.05, 3.63) is 29.6 Å². The molecule has 94 valence electrons. The van der Waals surface area contributed by atoms with Gasteiger partial charge in [0.2, 0.25) is 0 Å². The molecule has 1 unspecified atom stereocenters. The Balaban J connectivity index is 2.01. The molecule has 1 aromatic heterocycles. The van der Waals surface area contributed by atoms with E-state index in [0.717, 1.165) is 6.54 Å². The molecule has 0 bridgehead atoms. The Hall–Kier alpha value is -1.97. The summed E-state index contributed by atoms with van der Waals surface area (Å²) in [6.07, 6.45) is 1.36. The summed E-state index contributed by atoms with van der Waals surface area (Å²) in [5, 5.41) is 14.7. The van der Waals surface area contributed by atoms with Gasteiger partial charge in [0, 0.05) is 26.4 Å². The molecule has 6 heteroatoms. The van der Waals surface area contributed by atoms with Gasteiger partial charge in [-0.2, -0.15) is 5.26 Å². The van der Waals surface area contributed by atoms with Crippen molar-refractivity contribution in [2.75, 3.05) is 20.2 Å². The molecule has 6 nitrogen and oxygen atoms in total. The Kier molecular flexibility index (Phi) is 3.87. The number of aromatic nitrogens is 1. The molecule has 1 fully saturated rings. The highest BCUT2D eigenvalue weighted by molar-refractivity contribution is 5.92. The Morgan fingerprint density at radius 1 is 1.61 bits per heavy atom. The van der Waals surface area contributed by atoms with Gasteiger partial charge in [0.15, 0.2) is 0 Å². The van der Waals surface area contributed by atoms with Crippen molar-refractivity contribution < 1.29 is 9.53 Å². The van der Waals surface area contributed by atoms with Gasteiger partial charge in [0.1, 0.15) is 11.8 Å². The Morgan fingerprint density at radius 2 is 2.44 bits per heavy atom. The van der Waals surface area contributed by atoms with Crippen LogP contribution in [0.5, 0.6) is 0 Å². The number of carbonyl (C=O) groups excluding carboxylic acids is 1. The highest BCUT2D eigenvalue weighted by atomic mass is 16.5. The highest BCUT2D eigenvalue weighted by Gasteiger charge is 2.28. The third kappa shape index (κ3) is 2.64. The molecule has 0 radical (unpaired) electrons. The van der Waals surface area contributed by atoms with Crippen LogP contribution < -0.4 is 10.6 Å². The number of ether oxygens (including phenoxy) is 1. The van der Waals surface area contributed by atoms with Gasteiger partial charge >= 0.3 is 0 Å². The molecular formula is C12H14N4O2. The smallest absolute Gasteiger partial charge is 0.270 e. The van der Waals surface area contributed by atoms with Gasteiger partial charge in [-0.3, -0.25) is 4.79 Å². The molecule has 2 atom stereocenters. The summed E-state index contributed by atoms with van der Waals surface area (Å²) in [6.45, 7) is 1.41. The molecule has 1 aliphatic heterocycles. The minimum Gasteiger partial charge on any atom is -0.378 e. The number of nitrogens with zero attached hydrogens (tertiary/aromatic N) is 2. The molecule has 18 heavy (non-hydrogen) atoms. The number of methoxy groups -OCH3 is 1. The fraction of sp³-hybridized carbons (Fsp3) is 0.417. The lowest BCUT2D eigenvalue weighted by Gasteiger charge is -2.18. The Bertz CT molecular complexity index is 466. The van der Waals surface area contributed by atoms with Crippen molar-refractivity contribution in [1.82, 2.24) is 15.6 Å². The molecule has 0 aromatic carbocycles. The first-order chi connectivity index (χ1) is 8.74. The molecular weight excluding hydrogens is 232 g/mol. The number of rotatable bonds is 3. The van der Waals surface area contributed by atoms with Gasteiger partial charge in [0.05, 0.1) is 17.7 Å². The molecule has 0 spiro atoms. The van der Waals surface area contributed by atoms with Crippen molar-refractivity contribution in [1.29, 1.82) is 5.26 Å². The van der Waals surface area contributed by atoms with E-state index in [2.05, 4.69) is 15.6 Å². The van der Waals surface area contributed by atoms with Gasteiger partial charge < -0.3 is 15.4 Å². The van der Waals surface area contributed by atoms with Crippen molar-refractivity contribution in [2.24, 2.45) is 0 Å². The fourth-order valence-electron chi connectivity index (χ4n) is 1.88. The molecule has 2 N–H and O–H groups in total. The number of pyridine rings is 1. The van der Waals surface area contributed by atoms with Crippen LogP contribution in [-0.2, 0) is 4.74 Å². The zero-order chi connectivity index (χ0) is 13.0. The molecule has 1 aromatic rings. The standard InChI is InChI=1S/C12H14N4O2/c1-18-11-7-14-6-10(11)16-12(17)9-3-2-8(4-13)5-15-9/h2-3,5,10-11,14H,6-7H2,1H3,(H,16,17)/t10?,11-/m0/s1. The number of nitriles is 1. The minimum absolute atomic E-state index is 0.0210. The van der Waals surface area contributed by atoms with E-state index in [0.29, 0.717) is 17.8 Å². The molecule has 0 aliphatic carbocycles. The number of amides is 1. The molecule has 0 saturated carbocycles. The fourth-order valence-corrected chi connectivity index (χ4v) is 1.88. The maximum Gasteiger partial charge on any atom is 0.270 e. The largest absolute Gasteiger partial charge is 0.378 e. The maximum absolute atomic E-state index is 11.9. The molecule has 2 rings (SSSR count). The predicted molar refractivity (Wildman–Crippen MR) is 63.9 cm³/mol. The molecule has 1 amide bonds. The van der Waals surface area contributed by atoms with E-state index >= 15 is 0 Å². The van der Waals surface area contributed by atoms with Crippen LogP contribution >= 0.6 is 0 Å². The second-order valence-electron chi connectivity index (χ2n) is 4.06. The highest BCUT2D eigenvalue weighted by Crippen LogP contribution is 2.05. The van der Waals surface area contributed by atoms with E-state index in [9.17, 15) is 4.79 Å². The summed E-state index contributed by atoms with van der Waals surface area (Å²) in [6, 6.07) is 5.01. The summed E-state index contributed by atoms with van der Waals surface area (Å²) in [7, 11) is 1.62. The van der Waals surface area contributed by atoms with E-state index in [1.165, 1.54) is 12.3 Å². The van der Waals surface area contributed by atoms with Crippen LogP contribution in [0.15, 0.2) is 18.3 Å². The summed E-state index contributed by atoms with van der Waals surface area (Å²) in [5.41, 5.74) is 0.736. The topological polar surface area (TPSA) is 87.0 Å². The lowest BCUT2D eigenvalue weighted by atomic mass is 10.2. The quantitative estimate of drug-likeness (QED) is 0.762. The lowest BCUT2D eigenvalue weighted by Crippen LogP contribution is -2.43. The van der Waals surface area contributed by atoms with E-state index < -0.39 is 0 Å². The first-order valence-corrected chi connectivity index (χ1v) is 5.65. The number of hydrogen-bond acceptors (Lipinski definition) is 5. The minimum atomic E-state index is -0.254. The first-order valence-electron chi connectivity index (χ1n) is 5.65.